The van der Waals surface area contributed by atoms with Crippen LogP contribution in [0.4, 0.5) is 5.69 Å². The molecule has 1 aliphatic rings. The van der Waals surface area contributed by atoms with E-state index in [9.17, 15) is 9.59 Å². The summed E-state index contributed by atoms with van der Waals surface area (Å²) in [4.78, 5) is 23.6. The van der Waals surface area contributed by atoms with E-state index in [-0.39, 0.29) is 11.4 Å². The van der Waals surface area contributed by atoms with Gasteiger partial charge in [-0.15, -0.1) is 0 Å². The lowest BCUT2D eigenvalue weighted by Gasteiger charge is -2.13. The van der Waals surface area contributed by atoms with E-state index in [0.717, 1.165) is 17.7 Å². The van der Waals surface area contributed by atoms with Crippen molar-refractivity contribution >= 4 is 67.3 Å². The highest BCUT2D eigenvalue weighted by molar-refractivity contribution is 9.11. The molecule has 1 aliphatic heterocycles. The number of carbonyl (C=O) groups is 2. The Kier molecular flexibility index (Phi) is 7.26. The van der Waals surface area contributed by atoms with Crippen LogP contribution in [0, 0.1) is 0 Å². The van der Waals surface area contributed by atoms with Crippen LogP contribution in [0.2, 0.25) is 0 Å². The Balaban J connectivity index is 1.71. The highest BCUT2D eigenvalue weighted by atomic mass is 79.9. The standard InChI is InChI=1S/C20H18Br2N2O4S/c1-2-11-3-5-13(6-4-11)23-20-24-19(27)16(29-20)9-12-7-14(21)18(15(22)8-12)28-10-17(25)26/h3-9,20,23H,2,10H2,1H3,(H,24,27)(H,25,26)/b16-9-/t20-/m0/s1. The van der Waals surface area contributed by atoms with Gasteiger partial charge in [-0.25, -0.2) is 4.79 Å². The number of aryl methyl sites for hydroxylation is 1. The highest BCUT2D eigenvalue weighted by Crippen LogP contribution is 2.37. The summed E-state index contributed by atoms with van der Waals surface area (Å²) < 4.78 is 6.45. The second kappa shape index (κ2) is 9.69. The highest BCUT2D eigenvalue weighted by Gasteiger charge is 2.27. The molecule has 0 saturated carbocycles. The second-order valence-corrected chi connectivity index (χ2v) is 9.03. The molecule has 29 heavy (non-hydrogen) atoms. The number of anilines is 1. The van der Waals surface area contributed by atoms with Gasteiger partial charge in [0.1, 0.15) is 5.75 Å². The van der Waals surface area contributed by atoms with Gasteiger partial charge in [0, 0.05) is 5.69 Å². The van der Waals surface area contributed by atoms with Crippen LogP contribution in [0.1, 0.15) is 18.1 Å². The molecule has 1 fully saturated rings. The van der Waals surface area contributed by atoms with Crippen LogP contribution in [-0.4, -0.2) is 29.1 Å². The number of nitrogens with one attached hydrogen (secondary N) is 2. The van der Waals surface area contributed by atoms with Gasteiger partial charge in [-0.05, 0) is 79.7 Å². The maximum atomic E-state index is 12.3. The Hall–Kier alpha value is -1.97. The van der Waals surface area contributed by atoms with Crippen LogP contribution in [0.5, 0.6) is 5.75 Å². The molecule has 3 rings (SSSR count). The SMILES string of the molecule is CCc1ccc(N[C@H]2NC(=O)/C(=C/c3cc(Br)c(OCC(=O)O)c(Br)c3)S2)cc1. The van der Waals surface area contributed by atoms with Crippen LogP contribution < -0.4 is 15.4 Å². The van der Waals surface area contributed by atoms with Crippen LogP contribution >= 0.6 is 43.6 Å². The molecule has 3 N–H and O–H groups in total. The molecule has 1 atom stereocenters. The predicted octanol–water partition coefficient (Wildman–Crippen LogP) is 4.84. The lowest BCUT2D eigenvalue weighted by molar-refractivity contribution is -0.139. The van der Waals surface area contributed by atoms with E-state index in [1.807, 2.05) is 12.1 Å². The summed E-state index contributed by atoms with van der Waals surface area (Å²) >= 11 is 8.17. The van der Waals surface area contributed by atoms with Gasteiger partial charge in [0.05, 0.1) is 13.9 Å². The predicted molar refractivity (Wildman–Crippen MR) is 122 cm³/mol. The third kappa shape index (κ3) is 5.77. The summed E-state index contributed by atoms with van der Waals surface area (Å²) in [6.07, 6.45) is 2.76. The first-order valence-electron chi connectivity index (χ1n) is 8.74. The van der Waals surface area contributed by atoms with Gasteiger partial charge < -0.3 is 20.5 Å². The van der Waals surface area contributed by atoms with Gasteiger partial charge in [-0.3, -0.25) is 4.79 Å². The number of hydrogen-bond donors (Lipinski definition) is 3. The molecule has 0 radical (unpaired) electrons. The molecule has 1 saturated heterocycles. The van der Waals surface area contributed by atoms with Crippen molar-refractivity contribution in [1.29, 1.82) is 0 Å². The molecule has 0 bridgehead atoms. The summed E-state index contributed by atoms with van der Waals surface area (Å²) in [5.74, 6) is -0.818. The minimum Gasteiger partial charge on any atom is -0.480 e. The van der Waals surface area contributed by atoms with Crippen LogP contribution in [-0.2, 0) is 16.0 Å². The van der Waals surface area contributed by atoms with E-state index in [2.05, 4.69) is 61.5 Å². The van der Waals surface area contributed by atoms with E-state index in [1.165, 1.54) is 17.3 Å². The molecule has 1 heterocycles. The van der Waals surface area contributed by atoms with Crippen LogP contribution in [0.3, 0.4) is 0 Å². The number of ether oxygens (including phenoxy) is 1. The maximum Gasteiger partial charge on any atom is 0.341 e. The Bertz CT molecular complexity index is 940. The van der Waals surface area contributed by atoms with Gasteiger partial charge in [0.2, 0.25) is 0 Å². The molecular weight excluding hydrogens is 524 g/mol. The quantitative estimate of drug-likeness (QED) is 0.435. The van der Waals surface area contributed by atoms with Crippen molar-refractivity contribution in [2.45, 2.75) is 18.8 Å². The Morgan fingerprint density at radius 3 is 2.52 bits per heavy atom. The van der Waals surface area contributed by atoms with Crippen LogP contribution in [0.25, 0.3) is 6.08 Å². The zero-order valence-electron chi connectivity index (χ0n) is 15.4. The fourth-order valence-electron chi connectivity index (χ4n) is 2.64. The molecule has 2 aromatic carbocycles. The second-order valence-electron chi connectivity index (χ2n) is 6.17. The summed E-state index contributed by atoms with van der Waals surface area (Å²) in [6.45, 7) is 1.66. The number of rotatable bonds is 7. The summed E-state index contributed by atoms with van der Waals surface area (Å²) in [5.41, 5.74) is 2.71. The number of benzene rings is 2. The largest absolute Gasteiger partial charge is 0.480 e. The lowest BCUT2D eigenvalue weighted by Crippen LogP contribution is -2.30. The number of carbonyl (C=O) groups excluding carboxylic acids is 1. The molecule has 0 aromatic heterocycles. The van der Waals surface area contributed by atoms with E-state index < -0.39 is 12.6 Å². The van der Waals surface area contributed by atoms with E-state index >= 15 is 0 Å². The van der Waals surface area contributed by atoms with Gasteiger partial charge in [0.25, 0.3) is 5.91 Å². The molecular formula is C20H18Br2N2O4S. The van der Waals surface area contributed by atoms with Crippen molar-refractivity contribution in [3.05, 3.63) is 61.4 Å². The molecule has 9 heteroatoms. The normalized spacial score (nSPS) is 17.3. The number of carboxylic acid groups (broad SMARTS) is 1. The van der Waals surface area contributed by atoms with Crippen LogP contribution in [0.15, 0.2) is 50.2 Å². The minimum absolute atomic E-state index is 0.156. The van der Waals surface area contributed by atoms with E-state index in [0.29, 0.717) is 19.6 Å². The van der Waals surface area contributed by atoms with Gasteiger partial charge in [0.15, 0.2) is 12.1 Å². The Labute approximate surface area is 189 Å². The van der Waals surface area contributed by atoms with Crippen molar-refractivity contribution in [3.8, 4) is 5.75 Å². The molecule has 0 unspecified atom stereocenters. The average Bonchev–Trinajstić information content (AvgIpc) is 3.00. The number of hydrogen-bond acceptors (Lipinski definition) is 5. The summed E-state index contributed by atoms with van der Waals surface area (Å²) in [6, 6.07) is 11.7. The third-order valence-corrected chi connectivity index (χ3v) is 6.26. The molecule has 1 amide bonds. The monoisotopic (exact) mass is 540 g/mol. The average molecular weight is 542 g/mol. The van der Waals surface area contributed by atoms with Gasteiger partial charge >= 0.3 is 5.97 Å². The van der Waals surface area contributed by atoms with Crippen molar-refractivity contribution in [2.24, 2.45) is 0 Å². The number of thioether (sulfide) groups is 1. The fraction of sp³-hybridized carbons (Fsp3) is 0.200. The topological polar surface area (TPSA) is 87.7 Å². The first kappa shape index (κ1) is 21.7. The minimum atomic E-state index is -1.06. The fourth-order valence-corrected chi connectivity index (χ4v) is 5.08. The first-order valence-corrected chi connectivity index (χ1v) is 11.2. The van der Waals surface area contributed by atoms with Crippen molar-refractivity contribution in [2.75, 3.05) is 11.9 Å². The van der Waals surface area contributed by atoms with Gasteiger partial charge in [-0.2, -0.15) is 0 Å². The summed E-state index contributed by atoms with van der Waals surface area (Å²) in [7, 11) is 0. The first-order chi connectivity index (χ1) is 13.9. The Morgan fingerprint density at radius 2 is 1.93 bits per heavy atom. The zero-order chi connectivity index (χ0) is 21.0. The molecule has 0 aliphatic carbocycles. The number of carboxylic acids is 1. The molecule has 152 valence electrons. The Morgan fingerprint density at radius 1 is 1.28 bits per heavy atom. The molecule has 2 aromatic rings. The number of halogens is 2. The van der Waals surface area contributed by atoms with Crippen molar-refractivity contribution in [3.63, 3.8) is 0 Å². The number of amides is 1. The van der Waals surface area contributed by atoms with E-state index in [1.54, 1.807) is 18.2 Å². The number of aliphatic carboxylic acids is 1. The maximum absolute atomic E-state index is 12.3. The van der Waals surface area contributed by atoms with Gasteiger partial charge in [-0.1, -0.05) is 30.8 Å². The zero-order valence-corrected chi connectivity index (χ0v) is 19.4. The van der Waals surface area contributed by atoms with E-state index in [4.69, 9.17) is 9.84 Å². The lowest BCUT2D eigenvalue weighted by atomic mass is 10.1. The molecule has 0 spiro atoms. The van der Waals surface area contributed by atoms with Crippen molar-refractivity contribution in [1.82, 2.24) is 5.32 Å². The third-order valence-electron chi connectivity index (χ3n) is 4.05. The summed E-state index contributed by atoms with van der Waals surface area (Å²) in [5, 5.41) is 15.0. The van der Waals surface area contributed by atoms with Crippen molar-refractivity contribution < 1.29 is 19.4 Å². The smallest absolute Gasteiger partial charge is 0.341 e. The molecule has 6 nitrogen and oxygen atoms in total.